The Balaban J connectivity index is 1.67. The molecule has 2 bridgehead atoms. The summed E-state index contributed by atoms with van der Waals surface area (Å²) in [6.45, 7) is 3.73. The molecule has 3 aliphatic rings. The molecule has 0 aromatic heterocycles. The number of carbonyl (C=O) groups excluding carboxylic acids is 1. The lowest BCUT2D eigenvalue weighted by Crippen LogP contribution is -2.48. The van der Waals surface area contributed by atoms with E-state index >= 15 is 0 Å². The van der Waals surface area contributed by atoms with Gasteiger partial charge in [0.1, 0.15) is 5.78 Å². The molecule has 2 unspecified atom stereocenters. The Labute approximate surface area is 105 Å². The second kappa shape index (κ2) is 4.38. The first kappa shape index (κ1) is 11.7. The predicted molar refractivity (Wildman–Crippen MR) is 68.9 cm³/mol. The highest BCUT2D eigenvalue weighted by Crippen LogP contribution is 2.41. The molecular formula is C15H25NO. The molecule has 3 fully saturated rings. The maximum absolute atomic E-state index is 11.6. The van der Waals surface area contributed by atoms with E-state index in [2.05, 4.69) is 11.8 Å². The van der Waals surface area contributed by atoms with E-state index in [9.17, 15) is 4.79 Å². The molecule has 2 atom stereocenters. The van der Waals surface area contributed by atoms with Crippen LogP contribution in [0.25, 0.3) is 0 Å². The molecule has 1 saturated carbocycles. The van der Waals surface area contributed by atoms with Crippen molar-refractivity contribution < 1.29 is 4.79 Å². The zero-order valence-corrected chi connectivity index (χ0v) is 11.1. The molecule has 2 heteroatoms. The molecular weight excluding hydrogens is 210 g/mol. The van der Waals surface area contributed by atoms with E-state index in [0.29, 0.717) is 23.3 Å². The van der Waals surface area contributed by atoms with Crippen LogP contribution in [-0.2, 0) is 4.79 Å². The molecule has 3 rings (SSSR count). The molecule has 0 N–H and O–H groups in total. The van der Waals surface area contributed by atoms with Crippen LogP contribution in [0.2, 0.25) is 0 Å². The minimum absolute atomic E-state index is 0.516. The van der Waals surface area contributed by atoms with Crippen molar-refractivity contribution in [1.82, 2.24) is 4.90 Å². The summed E-state index contributed by atoms with van der Waals surface area (Å²) in [5.74, 6) is 0.516. The van der Waals surface area contributed by atoms with Gasteiger partial charge >= 0.3 is 0 Å². The first-order chi connectivity index (χ1) is 8.16. The predicted octanol–water partition coefficient (Wildman–Crippen LogP) is 3.15. The normalized spacial score (nSPS) is 37.4. The van der Waals surface area contributed by atoms with Crippen LogP contribution >= 0.6 is 0 Å². The summed E-state index contributed by atoms with van der Waals surface area (Å²) in [5, 5.41) is 0. The first-order valence-corrected chi connectivity index (χ1v) is 7.44. The van der Waals surface area contributed by atoms with Crippen LogP contribution in [0.1, 0.15) is 64.7 Å². The van der Waals surface area contributed by atoms with Crippen molar-refractivity contribution in [2.45, 2.75) is 76.8 Å². The third-order valence-corrected chi connectivity index (χ3v) is 5.32. The summed E-state index contributed by atoms with van der Waals surface area (Å²) < 4.78 is 0. The van der Waals surface area contributed by atoms with Gasteiger partial charge in [0, 0.05) is 31.5 Å². The molecule has 2 saturated heterocycles. The highest BCUT2D eigenvalue weighted by Gasteiger charge is 2.42. The highest BCUT2D eigenvalue weighted by atomic mass is 16.1. The molecule has 2 nitrogen and oxygen atoms in total. The molecule has 0 radical (unpaired) electrons. The lowest BCUT2D eigenvalue weighted by Gasteiger charge is -2.43. The van der Waals surface area contributed by atoms with Crippen LogP contribution in [0.4, 0.5) is 0 Å². The molecule has 0 aromatic rings. The third-order valence-electron chi connectivity index (χ3n) is 5.32. The van der Waals surface area contributed by atoms with Gasteiger partial charge in [0.05, 0.1) is 0 Å². The number of nitrogens with zero attached hydrogens (tertiary/aromatic N) is 1. The number of Topliss-reactive ketones (excluding diaryl/α,β-unsaturated/α-hetero) is 1. The number of hydrogen-bond acceptors (Lipinski definition) is 2. The Morgan fingerprint density at radius 1 is 1.12 bits per heavy atom. The Hall–Kier alpha value is -0.370. The van der Waals surface area contributed by atoms with Gasteiger partial charge in [-0.3, -0.25) is 9.69 Å². The van der Waals surface area contributed by atoms with Crippen LogP contribution in [0.3, 0.4) is 0 Å². The van der Waals surface area contributed by atoms with Crippen molar-refractivity contribution in [3.05, 3.63) is 0 Å². The minimum Gasteiger partial charge on any atom is -0.300 e. The van der Waals surface area contributed by atoms with Crippen molar-refractivity contribution in [3.63, 3.8) is 0 Å². The first-order valence-electron chi connectivity index (χ1n) is 7.44. The molecule has 96 valence electrons. The van der Waals surface area contributed by atoms with Gasteiger partial charge in [-0.1, -0.05) is 26.2 Å². The fraction of sp³-hybridized carbons (Fsp3) is 0.933. The van der Waals surface area contributed by atoms with Crippen LogP contribution in [-0.4, -0.2) is 29.3 Å². The average Bonchev–Trinajstić information content (AvgIpc) is 2.54. The molecule has 1 aliphatic carbocycles. The van der Waals surface area contributed by atoms with E-state index in [1.807, 2.05) is 0 Å². The molecule has 0 spiro atoms. The second-order valence-corrected chi connectivity index (χ2v) is 6.88. The average molecular weight is 235 g/mol. The smallest absolute Gasteiger partial charge is 0.136 e. The largest absolute Gasteiger partial charge is 0.300 e. The zero-order chi connectivity index (χ0) is 11.9. The second-order valence-electron chi connectivity index (χ2n) is 6.88. The number of fused-ring (bicyclic) bond motifs is 2. The Morgan fingerprint density at radius 2 is 1.71 bits per heavy atom. The Kier molecular flexibility index (Phi) is 3.02. The standard InChI is InChI=1S/C15H25NO/c1-15(7-3-2-4-8-15)11-16-12-5-6-13(16)10-14(17)9-12/h12-13H,2-11H2,1H3. The van der Waals surface area contributed by atoms with Gasteiger partial charge in [0.25, 0.3) is 0 Å². The van der Waals surface area contributed by atoms with Gasteiger partial charge in [-0.2, -0.15) is 0 Å². The fourth-order valence-corrected chi connectivity index (χ4v) is 4.32. The van der Waals surface area contributed by atoms with Crippen molar-refractivity contribution >= 4 is 5.78 Å². The summed E-state index contributed by atoms with van der Waals surface area (Å²) in [7, 11) is 0. The van der Waals surface area contributed by atoms with Gasteiger partial charge in [-0.25, -0.2) is 0 Å². The number of ketones is 1. The quantitative estimate of drug-likeness (QED) is 0.733. The lowest BCUT2D eigenvalue weighted by atomic mass is 9.75. The van der Waals surface area contributed by atoms with Gasteiger partial charge < -0.3 is 0 Å². The van der Waals surface area contributed by atoms with E-state index in [1.165, 1.54) is 51.5 Å². The number of rotatable bonds is 2. The van der Waals surface area contributed by atoms with Crippen molar-refractivity contribution in [1.29, 1.82) is 0 Å². The summed E-state index contributed by atoms with van der Waals surface area (Å²) in [6, 6.07) is 1.19. The van der Waals surface area contributed by atoms with Crippen LogP contribution in [0.15, 0.2) is 0 Å². The highest BCUT2D eigenvalue weighted by molar-refractivity contribution is 5.80. The SMILES string of the molecule is CC1(CN2C3CCC2CC(=O)C3)CCCCC1. The van der Waals surface area contributed by atoms with Crippen molar-refractivity contribution in [2.24, 2.45) is 5.41 Å². The van der Waals surface area contributed by atoms with Gasteiger partial charge in [-0.05, 0) is 31.1 Å². The number of carbonyl (C=O) groups is 1. The van der Waals surface area contributed by atoms with Crippen LogP contribution < -0.4 is 0 Å². The van der Waals surface area contributed by atoms with Gasteiger partial charge in [-0.15, -0.1) is 0 Å². The summed E-state index contributed by atoms with van der Waals surface area (Å²) in [4.78, 5) is 14.3. The van der Waals surface area contributed by atoms with Crippen molar-refractivity contribution in [3.8, 4) is 0 Å². The minimum atomic E-state index is 0.516. The van der Waals surface area contributed by atoms with E-state index < -0.39 is 0 Å². The van der Waals surface area contributed by atoms with E-state index in [4.69, 9.17) is 0 Å². The van der Waals surface area contributed by atoms with Crippen molar-refractivity contribution in [2.75, 3.05) is 6.54 Å². The Morgan fingerprint density at radius 3 is 2.29 bits per heavy atom. The molecule has 0 aromatic carbocycles. The number of piperidine rings is 1. The Bertz CT molecular complexity index is 290. The topological polar surface area (TPSA) is 20.3 Å². The van der Waals surface area contributed by atoms with Gasteiger partial charge in [0.15, 0.2) is 0 Å². The van der Waals surface area contributed by atoms with E-state index in [-0.39, 0.29) is 0 Å². The maximum atomic E-state index is 11.6. The fourth-order valence-electron chi connectivity index (χ4n) is 4.32. The van der Waals surface area contributed by atoms with Crippen LogP contribution in [0.5, 0.6) is 0 Å². The molecule has 2 heterocycles. The molecule has 2 aliphatic heterocycles. The summed E-state index contributed by atoms with van der Waals surface area (Å²) in [5.41, 5.74) is 0.541. The zero-order valence-electron chi connectivity index (χ0n) is 11.1. The van der Waals surface area contributed by atoms with E-state index in [1.54, 1.807) is 0 Å². The lowest BCUT2D eigenvalue weighted by molar-refractivity contribution is -0.124. The molecule has 17 heavy (non-hydrogen) atoms. The van der Waals surface area contributed by atoms with Gasteiger partial charge in [0.2, 0.25) is 0 Å². The number of hydrogen-bond donors (Lipinski definition) is 0. The van der Waals surface area contributed by atoms with Crippen LogP contribution in [0, 0.1) is 5.41 Å². The monoisotopic (exact) mass is 235 g/mol. The molecule has 0 amide bonds. The third kappa shape index (κ3) is 2.29. The maximum Gasteiger partial charge on any atom is 0.136 e. The van der Waals surface area contributed by atoms with E-state index in [0.717, 1.165) is 12.8 Å². The summed E-state index contributed by atoms with van der Waals surface area (Å²) >= 11 is 0. The summed E-state index contributed by atoms with van der Waals surface area (Å²) in [6.07, 6.45) is 11.3.